The molecule has 1 heterocycles. The van der Waals surface area contributed by atoms with Gasteiger partial charge in [0, 0.05) is 19.0 Å². The SMILES string of the molecule is NC(=O)CCS(=O)(=O)CCN1CCC[C@H]1CO. The van der Waals surface area contributed by atoms with Crippen molar-refractivity contribution in [2.45, 2.75) is 25.3 Å². The van der Waals surface area contributed by atoms with Crippen molar-refractivity contribution >= 4 is 15.7 Å². The molecule has 0 aliphatic carbocycles. The van der Waals surface area contributed by atoms with E-state index in [1.807, 2.05) is 4.90 Å². The van der Waals surface area contributed by atoms with E-state index in [4.69, 9.17) is 10.8 Å². The molecule has 7 heteroatoms. The second kappa shape index (κ2) is 6.32. The van der Waals surface area contributed by atoms with Crippen molar-refractivity contribution in [1.82, 2.24) is 4.90 Å². The van der Waals surface area contributed by atoms with Gasteiger partial charge in [0.1, 0.15) is 0 Å². The normalized spacial score (nSPS) is 21.8. The van der Waals surface area contributed by atoms with E-state index in [-0.39, 0.29) is 30.6 Å². The van der Waals surface area contributed by atoms with Crippen LogP contribution in [-0.2, 0) is 14.6 Å². The van der Waals surface area contributed by atoms with Crippen LogP contribution in [0.2, 0.25) is 0 Å². The van der Waals surface area contributed by atoms with E-state index in [0.717, 1.165) is 19.4 Å². The Hall–Kier alpha value is -0.660. The first-order valence-corrected chi connectivity index (χ1v) is 7.60. The maximum Gasteiger partial charge on any atom is 0.218 e. The van der Waals surface area contributed by atoms with Crippen LogP contribution in [0.5, 0.6) is 0 Å². The van der Waals surface area contributed by atoms with E-state index < -0.39 is 15.7 Å². The molecule has 1 amide bonds. The molecule has 1 saturated heterocycles. The summed E-state index contributed by atoms with van der Waals surface area (Å²) in [6.45, 7) is 1.32. The van der Waals surface area contributed by atoms with Crippen molar-refractivity contribution in [2.24, 2.45) is 5.73 Å². The average Bonchev–Trinajstić information content (AvgIpc) is 2.71. The summed E-state index contributed by atoms with van der Waals surface area (Å²) < 4.78 is 23.2. The third-order valence-electron chi connectivity index (χ3n) is 3.06. The van der Waals surface area contributed by atoms with E-state index in [1.165, 1.54) is 0 Å². The summed E-state index contributed by atoms with van der Waals surface area (Å²) >= 11 is 0. The molecule has 3 N–H and O–H groups in total. The molecule has 1 fully saturated rings. The van der Waals surface area contributed by atoms with Gasteiger partial charge >= 0.3 is 0 Å². The Bertz CT molecular complexity index is 355. The van der Waals surface area contributed by atoms with Gasteiger partial charge in [-0.25, -0.2) is 8.42 Å². The molecule has 0 aromatic carbocycles. The van der Waals surface area contributed by atoms with Gasteiger partial charge in [-0.3, -0.25) is 9.69 Å². The Morgan fingerprint density at radius 1 is 1.41 bits per heavy atom. The highest BCUT2D eigenvalue weighted by atomic mass is 32.2. The summed E-state index contributed by atoms with van der Waals surface area (Å²) in [5, 5.41) is 9.09. The van der Waals surface area contributed by atoms with E-state index >= 15 is 0 Å². The Morgan fingerprint density at radius 2 is 2.12 bits per heavy atom. The topological polar surface area (TPSA) is 101 Å². The lowest BCUT2D eigenvalue weighted by molar-refractivity contribution is -0.117. The zero-order valence-corrected chi connectivity index (χ0v) is 10.7. The van der Waals surface area contributed by atoms with E-state index in [2.05, 4.69) is 0 Å². The molecule has 100 valence electrons. The molecule has 0 bridgehead atoms. The Balaban J connectivity index is 2.36. The van der Waals surface area contributed by atoms with Gasteiger partial charge in [-0.05, 0) is 19.4 Å². The van der Waals surface area contributed by atoms with Crippen LogP contribution in [0.1, 0.15) is 19.3 Å². The maximum atomic E-state index is 11.6. The molecule has 0 radical (unpaired) electrons. The van der Waals surface area contributed by atoms with Crippen LogP contribution in [0.15, 0.2) is 0 Å². The van der Waals surface area contributed by atoms with Crippen LogP contribution in [0.4, 0.5) is 0 Å². The first-order chi connectivity index (χ1) is 7.94. The molecule has 0 saturated carbocycles. The summed E-state index contributed by atoms with van der Waals surface area (Å²) in [6.07, 6.45) is 1.79. The largest absolute Gasteiger partial charge is 0.395 e. The molecule has 1 rings (SSSR count). The fourth-order valence-corrected chi connectivity index (χ4v) is 3.24. The number of carbonyl (C=O) groups excluding carboxylic acids is 1. The number of nitrogens with zero attached hydrogens (tertiary/aromatic N) is 1. The summed E-state index contributed by atoms with van der Waals surface area (Å²) in [4.78, 5) is 12.5. The molecule has 6 nitrogen and oxygen atoms in total. The molecule has 0 aromatic rings. The molecule has 0 unspecified atom stereocenters. The zero-order chi connectivity index (χ0) is 12.9. The van der Waals surface area contributed by atoms with Gasteiger partial charge < -0.3 is 10.8 Å². The van der Waals surface area contributed by atoms with Gasteiger partial charge in [0.2, 0.25) is 5.91 Å². The number of carbonyl (C=O) groups is 1. The second-order valence-corrected chi connectivity index (χ2v) is 6.69. The number of hydrogen-bond donors (Lipinski definition) is 2. The van der Waals surface area contributed by atoms with Crippen LogP contribution < -0.4 is 5.73 Å². The van der Waals surface area contributed by atoms with Gasteiger partial charge in [-0.1, -0.05) is 0 Å². The highest BCUT2D eigenvalue weighted by Crippen LogP contribution is 2.16. The Kier molecular flexibility index (Phi) is 5.35. The fraction of sp³-hybridized carbons (Fsp3) is 0.900. The molecule has 1 atom stereocenters. The standard InChI is InChI=1S/C10H20N2O4S/c11-10(14)3-6-17(15,16)7-5-12-4-1-2-9(12)8-13/h9,13H,1-8H2,(H2,11,14)/t9-/m0/s1. The predicted molar refractivity (Wildman–Crippen MR) is 64.1 cm³/mol. The van der Waals surface area contributed by atoms with Crippen molar-refractivity contribution in [2.75, 3.05) is 31.2 Å². The van der Waals surface area contributed by atoms with Crippen LogP contribution in [0, 0.1) is 0 Å². The summed E-state index contributed by atoms with van der Waals surface area (Å²) in [5.74, 6) is -0.750. The smallest absolute Gasteiger partial charge is 0.218 e. The lowest BCUT2D eigenvalue weighted by Gasteiger charge is -2.22. The monoisotopic (exact) mass is 264 g/mol. The molecule has 1 aliphatic heterocycles. The zero-order valence-electron chi connectivity index (χ0n) is 9.84. The van der Waals surface area contributed by atoms with E-state index in [9.17, 15) is 13.2 Å². The van der Waals surface area contributed by atoms with Gasteiger partial charge in [0.25, 0.3) is 0 Å². The first-order valence-electron chi connectivity index (χ1n) is 5.78. The molecule has 17 heavy (non-hydrogen) atoms. The van der Waals surface area contributed by atoms with Crippen molar-refractivity contribution in [3.63, 3.8) is 0 Å². The van der Waals surface area contributed by atoms with E-state index in [1.54, 1.807) is 0 Å². The number of aliphatic hydroxyl groups is 1. The van der Waals surface area contributed by atoms with Crippen LogP contribution >= 0.6 is 0 Å². The van der Waals surface area contributed by atoms with Gasteiger partial charge in [0.05, 0.1) is 18.1 Å². The minimum Gasteiger partial charge on any atom is -0.395 e. The third kappa shape index (κ3) is 5.01. The average molecular weight is 264 g/mol. The van der Waals surface area contributed by atoms with Crippen molar-refractivity contribution < 1.29 is 18.3 Å². The molecular formula is C10H20N2O4S. The van der Waals surface area contributed by atoms with Crippen LogP contribution in [-0.4, -0.2) is 61.6 Å². The first kappa shape index (κ1) is 14.4. The van der Waals surface area contributed by atoms with Crippen molar-refractivity contribution in [1.29, 1.82) is 0 Å². The summed E-state index contributed by atoms with van der Waals surface area (Å²) in [5.41, 5.74) is 4.91. The quantitative estimate of drug-likeness (QED) is 0.597. The maximum absolute atomic E-state index is 11.6. The highest BCUT2D eigenvalue weighted by Gasteiger charge is 2.25. The predicted octanol–water partition coefficient (Wildman–Crippen LogP) is -1.27. The molecular weight excluding hydrogens is 244 g/mol. The third-order valence-corrected chi connectivity index (χ3v) is 4.69. The minimum atomic E-state index is -3.22. The number of hydrogen-bond acceptors (Lipinski definition) is 5. The van der Waals surface area contributed by atoms with Crippen molar-refractivity contribution in [3.05, 3.63) is 0 Å². The highest BCUT2D eigenvalue weighted by molar-refractivity contribution is 7.91. The van der Waals surface area contributed by atoms with Crippen molar-refractivity contribution in [3.8, 4) is 0 Å². The van der Waals surface area contributed by atoms with E-state index in [0.29, 0.717) is 6.54 Å². The number of sulfone groups is 1. The molecule has 0 spiro atoms. The van der Waals surface area contributed by atoms with Gasteiger partial charge in [-0.15, -0.1) is 0 Å². The van der Waals surface area contributed by atoms with Gasteiger partial charge in [0.15, 0.2) is 9.84 Å². The fourth-order valence-electron chi connectivity index (χ4n) is 2.01. The summed E-state index contributed by atoms with van der Waals surface area (Å²) in [6, 6.07) is 0.0846. The minimum absolute atomic E-state index is 0.0246. The summed E-state index contributed by atoms with van der Waals surface area (Å²) in [7, 11) is -3.22. The lowest BCUT2D eigenvalue weighted by Crippen LogP contribution is -2.36. The lowest BCUT2D eigenvalue weighted by atomic mass is 10.2. The number of aliphatic hydroxyl groups excluding tert-OH is 1. The van der Waals surface area contributed by atoms with Gasteiger partial charge in [-0.2, -0.15) is 0 Å². The van der Waals surface area contributed by atoms with Crippen LogP contribution in [0.3, 0.4) is 0 Å². The Morgan fingerprint density at radius 3 is 2.71 bits per heavy atom. The number of likely N-dealkylation sites (tertiary alicyclic amines) is 1. The molecule has 0 aromatic heterocycles. The Labute approximate surface area is 102 Å². The number of amides is 1. The van der Waals surface area contributed by atoms with Crippen LogP contribution in [0.25, 0.3) is 0 Å². The second-order valence-electron chi connectivity index (χ2n) is 4.38. The number of nitrogens with two attached hydrogens (primary N) is 1. The number of rotatable bonds is 7. The number of primary amides is 1. The molecule has 1 aliphatic rings.